The molecule has 1 amide bonds. The lowest BCUT2D eigenvalue weighted by Crippen LogP contribution is -2.38. The molecule has 4 nitrogen and oxygen atoms in total. The largest absolute Gasteiger partial charge is 0.508 e. The third kappa shape index (κ3) is 3.44. The monoisotopic (exact) mass is 277 g/mol. The quantitative estimate of drug-likeness (QED) is 0.793. The third-order valence-corrected chi connectivity index (χ3v) is 3.48. The lowest BCUT2D eigenvalue weighted by atomic mass is 9.98. The van der Waals surface area contributed by atoms with E-state index in [1.807, 2.05) is 27.7 Å². The number of aromatic hydroxyl groups is 1. The molecule has 1 heterocycles. The molecule has 0 aliphatic carbocycles. The van der Waals surface area contributed by atoms with Gasteiger partial charge in [0, 0.05) is 13.1 Å². The first-order valence-electron chi connectivity index (χ1n) is 7.05. The van der Waals surface area contributed by atoms with Crippen LogP contribution >= 0.6 is 0 Å². The van der Waals surface area contributed by atoms with Gasteiger partial charge in [0.1, 0.15) is 11.4 Å². The first-order chi connectivity index (χ1) is 9.26. The van der Waals surface area contributed by atoms with Gasteiger partial charge in [-0.3, -0.25) is 0 Å². The third-order valence-electron chi connectivity index (χ3n) is 3.48. The predicted molar refractivity (Wildman–Crippen MR) is 78.1 cm³/mol. The van der Waals surface area contributed by atoms with Crippen molar-refractivity contribution in [1.82, 2.24) is 4.90 Å². The predicted octanol–water partition coefficient (Wildman–Crippen LogP) is 3.04. The van der Waals surface area contributed by atoms with Crippen molar-refractivity contribution in [2.45, 2.75) is 46.1 Å². The second-order valence-electron chi connectivity index (χ2n) is 6.37. The van der Waals surface area contributed by atoms with Crippen LogP contribution in [0.25, 0.3) is 0 Å². The molecule has 0 fully saturated rings. The maximum absolute atomic E-state index is 12.1. The van der Waals surface area contributed by atoms with E-state index in [4.69, 9.17) is 4.74 Å². The maximum Gasteiger partial charge on any atom is 0.410 e. The van der Waals surface area contributed by atoms with Gasteiger partial charge in [-0.15, -0.1) is 0 Å². The van der Waals surface area contributed by atoms with E-state index in [2.05, 4.69) is 0 Å². The molecule has 1 aromatic carbocycles. The highest BCUT2D eigenvalue weighted by molar-refractivity contribution is 5.68. The smallest absolute Gasteiger partial charge is 0.410 e. The van der Waals surface area contributed by atoms with Crippen molar-refractivity contribution in [2.75, 3.05) is 13.1 Å². The zero-order chi connectivity index (χ0) is 14.9. The summed E-state index contributed by atoms with van der Waals surface area (Å²) in [6.07, 6.45) is 1.30. The topological polar surface area (TPSA) is 49.8 Å². The number of fused-ring (bicyclic) bond motifs is 1. The van der Waals surface area contributed by atoms with Crippen molar-refractivity contribution < 1.29 is 14.6 Å². The van der Waals surface area contributed by atoms with Crippen LogP contribution in [0.1, 0.15) is 37.5 Å². The molecule has 1 aliphatic heterocycles. The maximum atomic E-state index is 12.1. The van der Waals surface area contributed by atoms with Crippen molar-refractivity contribution >= 4 is 6.09 Å². The first kappa shape index (κ1) is 14.7. The summed E-state index contributed by atoms with van der Waals surface area (Å²) in [6.45, 7) is 8.92. The molecule has 0 atom stereocenters. The van der Waals surface area contributed by atoms with Crippen LogP contribution < -0.4 is 0 Å². The average Bonchev–Trinajstić information content (AvgIpc) is 2.49. The van der Waals surface area contributed by atoms with E-state index < -0.39 is 5.60 Å². The summed E-state index contributed by atoms with van der Waals surface area (Å²) in [6, 6.07) is 3.59. The highest BCUT2D eigenvalue weighted by Gasteiger charge is 2.24. The summed E-state index contributed by atoms with van der Waals surface area (Å²) in [4.78, 5) is 13.9. The molecule has 1 N–H and O–H groups in total. The molecule has 0 unspecified atom stereocenters. The Morgan fingerprint density at radius 1 is 1.25 bits per heavy atom. The van der Waals surface area contributed by atoms with Gasteiger partial charge in [-0.1, -0.05) is 0 Å². The Kier molecular flexibility index (Phi) is 3.93. The van der Waals surface area contributed by atoms with Crippen LogP contribution in [0.5, 0.6) is 5.75 Å². The van der Waals surface area contributed by atoms with Crippen molar-refractivity contribution in [2.24, 2.45) is 0 Å². The Balaban J connectivity index is 2.12. The number of rotatable bonds is 0. The molecule has 0 aromatic heterocycles. The van der Waals surface area contributed by atoms with Crippen molar-refractivity contribution in [1.29, 1.82) is 0 Å². The molecule has 0 saturated heterocycles. The van der Waals surface area contributed by atoms with Crippen LogP contribution in [0.2, 0.25) is 0 Å². The summed E-state index contributed by atoms with van der Waals surface area (Å²) in [5.41, 5.74) is 3.00. The SMILES string of the molecule is Cc1cc(O)cc2c1CCN(C(=O)OC(C)(C)C)CC2. The number of carbonyl (C=O) groups is 1. The molecule has 0 saturated carbocycles. The van der Waals surface area contributed by atoms with Gasteiger partial charge in [0.25, 0.3) is 0 Å². The second-order valence-corrected chi connectivity index (χ2v) is 6.37. The number of phenols is 1. The number of benzene rings is 1. The summed E-state index contributed by atoms with van der Waals surface area (Å²) in [5, 5.41) is 9.68. The number of ether oxygens (including phenoxy) is 1. The Hall–Kier alpha value is -1.71. The lowest BCUT2D eigenvalue weighted by molar-refractivity contribution is 0.0258. The summed E-state index contributed by atoms with van der Waals surface area (Å²) >= 11 is 0. The van der Waals surface area contributed by atoms with E-state index in [9.17, 15) is 9.90 Å². The number of nitrogens with zero attached hydrogens (tertiary/aromatic N) is 1. The van der Waals surface area contributed by atoms with Crippen LogP contribution in [-0.4, -0.2) is 34.8 Å². The van der Waals surface area contributed by atoms with Gasteiger partial charge in [-0.2, -0.15) is 0 Å². The van der Waals surface area contributed by atoms with E-state index in [1.54, 1.807) is 17.0 Å². The second kappa shape index (κ2) is 5.35. The Bertz CT molecular complexity index is 517. The highest BCUT2D eigenvalue weighted by atomic mass is 16.6. The number of amides is 1. The molecule has 4 heteroatoms. The number of hydrogen-bond acceptors (Lipinski definition) is 3. The number of aryl methyl sites for hydroxylation is 1. The van der Waals surface area contributed by atoms with Crippen LogP contribution in [0.4, 0.5) is 4.79 Å². The molecule has 20 heavy (non-hydrogen) atoms. The molecule has 110 valence electrons. The molecular formula is C16H23NO3. The van der Waals surface area contributed by atoms with Gasteiger partial charge in [-0.05, 0) is 69.4 Å². The molecule has 0 bridgehead atoms. The fourth-order valence-corrected chi connectivity index (χ4v) is 2.57. The highest BCUT2D eigenvalue weighted by Crippen LogP contribution is 2.25. The summed E-state index contributed by atoms with van der Waals surface area (Å²) in [5.74, 6) is 0.298. The Morgan fingerprint density at radius 3 is 2.55 bits per heavy atom. The van der Waals surface area contributed by atoms with E-state index in [0.717, 1.165) is 24.0 Å². The minimum absolute atomic E-state index is 0.257. The molecular weight excluding hydrogens is 254 g/mol. The molecule has 1 aliphatic rings. The van der Waals surface area contributed by atoms with E-state index in [0.29, 0.717) is 18.8 Å². The summed E-state index contributed by atoms with van der Waals surface area (Å²) < 4.78 is 5.42. The van der Waals surface area contributed by atoms with E-state index >= 15 is 0 Å². The lowest BCUT2D eigenvalue weighted by Gasteiger charge is -2.26. The van der Waals surface area contributed by atoms with Crippen LogP contribution in [-0.2, 0) is 17.6 Å². The Morgan fingerprint density at radius 2 is 1.90 bits per heavy atom. The van der Waals surface area contributed by atoms with Crippen molar-refractivity contribution in [3.63, 3.8) is 0 Å². The molecule has 0 radical (unpaired) electrons. The molecule has 0 spiro atoms. The van der Waals surface area contributed by atoms with Gasteiger partial charge in [0.15, 0.2) is 0 Å². The number of hydrogen-bond donors (Lipinski definition) is 1. The average molecular weight is 277 g/mol. The number of carbonyl (C=O) groups excluding carboxylic acids is 1. The van der Waals surface area contributed by atoms with Gasteiger partial charge >= 0.3 is 6.09 Å². The van der Waals surface area contributed by atoms with Gasteiger partial charge in [0.2, 0.25) is 0 Å². The normalized spacial score (nSPS) is 15.5. The fourth-order valence-electron chi connectivity index (χ4n) is 2.57. The van der Waals surface area contributed by atoms with Crippen molar-refractivity contribution in [3.8, 4) is 5.75 Å². The minimum atomic E-state index is -0.468. The summed E-state index contributed by atoms with van der Waals surface area (Å²) in [7, 11) is 0. The van der Waals surface area contributed by atoms with Crippen LogP contribution in [0.3, 0.4) is 0 Å². The van der Waals surface area contributed by atoms with Gasteiger partial charge < -0.3 is 14.7 Å². The fraction of sp³-hybridized carbons (Fsp3) is 0.562. The molecule has 1 aromatic rings. The van der Waals surface area contributed by atoms with Gasteiger partial charge in [0.05, 0.1) is 0 Å². The molecule has 2 rings (SSSR count). The minimum Gasteiger partial charge on any atom is -0.508 e. The van der Waals surface area contributed by atoms with E-state index in [1.165, 1.54) is 5.56 Å². The van der Waals surface area contributed by atoms with Crippen molar-refractivity contribution in [3.05, 3.63) is 28.8 Å². The standard InChI is InChI=1S/C16H23NO3/c1-11-9-13(18)10-12-5-7-17(8-6-14(11)12)15(19)20-16(2,3)4/h9-10,18H,5-8H2,1-4H3. The van der Waals surface area contributed by atoms with Gasteiger partial charge in [-0.25, -0.2) is 4.79 Å². The van der Waals surface area contributed by atoms with Crippen LogP contribution in [0.15, 0.2) is 12.1 Å². The zero-order valence-electron chi connectivity index (χ0n) is 12.7. The van der Waals surface area contributed by atoms with Crippen LogP contribution in [0, 0.1) is 6.92 Å². The zero-order valence-corrected chi connectivity index (χ0v) is 12.7. The first-order valence-corrected chi connectivity index (χ1v) is 7.05. The Labute approximate surface area is 120 Å². The number of phenolic OH excluding ortho intramolecular Hbond substituents is 1. The van der Waals surface area contributed by atoms with E-state index in [-0.39, 0.29) is 6.09 Å².